The second-order valence-electron chi connectivity index (χ2n) is 1.25. The van der Waals surface area contributed by atoms with E-state index in [1.807, 2.05) is 0 Å². The molecule has 0 aromatic carbocycles. The Morgan fingerprint density at radius 2 is 2.33 bits per heavy atom. The van der Waals surface area contributed by atoms with Gasteiger partial charge in [0.15, 0.2) is 0 Å². The normalized spacial score (nSPS) is 8.67. The van der Waals surface area contributed by atoms with Crippen LogP contribution in [0.4, 0.5) is 0 Å². The molecule has 9 heavy (non-hydrogen) atoms. The van der Waals surface area contributed by atoms with Crippen LogP contribution in [0, 0.1) is 0 Å². The van der Waals surface area contributed by atoms with E-state index in [2.05, 4.69) is 5.32 Å². The summed E-state index contributed by atoms with van der Waals surface area (Å²) in [6.45, 7) is 0.410. The van der Waals surface area contributed by atoms with Gasteiger partial charge < -0.3 is 11.1 Å². The maximum atomic E-state index is 10.3. The van der Waals surface area contributed by atoms with Gasteiger partial charge in [-0.1, -0.05) is 6.08 Å². The Kier molecular flexibility index (Phi) is 9.35. The first-order valence-electron chi connectivity index (χ1n) is 2.39. The summed E-state index contributed by atoms with van der Waals surface area (Å²) in [6, 6.07) is 0. The molecule has 0 fully saturated rings. The molecule has 3 N–H and O–H groups in total. The Morgan fingerprint density at radius 3 is 2.67 bits per heavy atom. The maximum Gasteiger partial charge on any atom is 0.243 e. The molecule has 54 valence electrons. The number of nitrogens with two attached hydrogens (primary N) is 1. The number of carbonyl (C=O) groups excluding carboxylic acids is 1. The zero-order valence-electron chi connectivity index (χ0n) is 5.26. The molecule has 0 spiro atoms. The highest BCUT2D eigenvalue weighted by Gasteiger charge is 1.82. The molecular weight excluding hydrogens is 140 g/mol. The molecule has 0 aliphatic carbocycles. The molecule has 0 unspecified atom stereocenters. The van der Waals surface area contributed by atoms with E-state index in [9.17, 15) is 4.79 Å². The third-order valence-corrected chi connectivity index (χ3v) is 0.652. The van der Waals surface area contributed by atoms with Crippen molar-refractivity contribution in [3.63, 3.8) is 0 Å². The van der Waals surface area contributed by atoms with Crippen LogP contribution in [0.15, 0.2) is 12.2 Å². The molecule has 0 radical (unpaired) electrons. The molecule has 0 aliphatic heterocycles. The van der Waals surface area contributed by atoms with E-state index in [0.29, 0.717) is 6.54 Å². The van der Waals surface area contributed by atoms with Crippen molar-refractivity contribution in [1.29, 1.82) is 0 Å². The van der Waals surface area contributed by atoms with Crippen LogP contribution in [-0.2, 0) is 4.79 Å². The van der Waals surface area contributed by atoms with Crippen molar-refractivity contribution < 1.29 is 4.79 Å². The summed E-state index contributed by atoms with van der Waals surface area (Å²) >= 11 is 0. The van der Waals surface area contributed by atoms with Crippen LogP contribution >= 0.6 is 12.4 Å². The average Bonchev–Trinajstić information content (AvgIpc) is 1.83. The molecule has 0 bridgehead atoms. The van der Waals surface area contributed by atoms with Gasteiger partial charge in [0.1, 0.15) is 0 Å². The number of nitrogens with one attached hydrogen (secondary N) is 1. The van der Waals surface area contributed by atoms with Gasteiger partial charge >= 0.3 is 0 Å². The highest BCUT2D eigenvalue weighted by molar-refractivity contribution is 5.87. The van der Waals surface area contributed by atoms with E-state index >= 15 is 0 Å². The van der Waals surface area contributed by atoms with E-state index in [1.165, 1.54) is 6.08 Å². The van der Waals surface area contributed by atoms with Crippen molar-refractivity contribution in [2.24, 2.45) is 5.73 Å². The summed E-state index contributed by atoms with van der Waals surface area (Å²) in [6.07, 6.45) is 3.00. The summed E-state index contributed by atoms with van der Waals surface area (Å²) in [7, 11) is 1.57. The van der Waals surface area contributed by atoms with Gasteiger partial charge in [0.25, 0.3) is 0 Å². The zero-order valence-corrected chi connectivity index (χ0v) is 6.07. The Balaban J connectivity index is 0. The number of carbonyl (C=O) groups is 1. The minimum atomic E-state index is -0.115. The number of likely N-dealkylation sites (N-methyl/N-ethyl adjacent to an activating group) is 1. The highest BCUT2D eigenvalue weighted by Crippen LogP contribution is 1.66. The van der Waals surface area contributed by atoms with Gasteiger partial charge in [-0.25, -0.2) is 0 Å². The molecular formula is C5H11ClN2O. The average molecular weight is 151 g/mol. The third kappa shape index (κ3) is 7.46. The van der Waals surface area contributed by atoms with E-state index in [-0.39, 0.29) is 18.3 Å². The molecule has 0 atom stereocenters. The van der Waals surface area contributed by atoms with Crippen LogP contribution in [-0.4, -0.2) is 19.5 Å². The van der Waals surface area contributed by atoms with Crippen molar-refractivity contribution in [2.75, 3.05) is 13.6 Å². The number of hydrogen-bond donors (Lipinski definition) is 2. The van der Waals surface area contributed by atoms with E-state index in [4.69, 9.17) is 5.73 Å². The van der Waals surface area contributed by atoms with Crippen LogP contribution in [0.1, 0.15) is 0 Å². The lowest BCUT2D eigenvalue weighted by Crippen LogP contribution is -2.14. The Hall–Kier alpha value is -0.540. The molecule has 1 amide bonds. The second kappa shape index (κ2) is 7.46. The van der Waals surface area contributed by atoms with Crippen LogP contribution in [0.3, 0.4) is 0 Å². The van der Waals surface area contributed by atoms with Crippen LogP contribution < -0.4 is 11.1 Å². The van der Waals surface area contributed by atoms with Gasteiger partial charge in [-0.2, -0.15) is 0 Å². The predicted molar refractivity (Wildman–Crippen MR) is 39.5 cm³/mol. The summed E-state index contributed by atoms with van der Waals surface area (Å²) < 4.78 is 0. The van der Waals surface area contributed by atoms with E-state index < -0.39 is 0 Å². The fourth-order valence-corrected chi connectivity index (χ4v) is 0.258. The first-order valence-corrected chi connectivity index (χ1v) is 2.39. The van der Waals surface area contributed by atoms with Crippen LogP contribution in [0.5, 0.6) is 0 Å². The van der Waals surface area contributed by atoms with Gasteiger partial charge in [0.05, 0.1) is 0 Å². The minimum absolute atomic E-state index is 0. The largest absolute Gasteiger partial charge is 0.356 e. The minimum Gasteiger partial charge on any atom is -0.356 e. The van der Waals surface area contributed by atoms with Gasteiger partial charge in [0, 0.05) is 19.7 Å². The number of amides is 1. The van der Waals surface area contributed by atoms with Crippen molar-refractivity contribution in [1.82, 2.24) is 5.32 Å². The van der Waals surface area contributed by atoms with Crippen LogP contribution in [0.25, 0.3) is 0 Å². The molecule has 0 saturated heterocycles. The molecule has 0 heterocycles. The summed E-state index contributed by atoms with van der Waals surface area (Å²) in [5, 5.41) is 2.42. The van der Waals surface area contributed by atoms with E-state index in [0.717, 1.165) is 0 Å². The number of rotatable bonds is 2. The second-order valence-corrected chi connectivity index (χ2v) is 1.25. The zero-order chi connectivity index (χ0) is 6.41. The van der Waals surface area contributed by atoms with Gasteiger partial charge in [-0.3, -0.25) is 4.79 Å². The topological polar surface area (TPSA) is 55.1 Å². The van der Waals surface area contributed by atoms with Crippen LogP contribution in [0.2, 0.25) is 0 Å². The van der Waals surface area contributed by atoms with Crippen molar-refractivity contribution in [3.05, 3.63) is 12.2 Å². The van der Waals surface area contributed by atoms with Crippen molar-refractivity contribution >= 4 is 18.3 Å². The van der Waals surface area contributed by atoms with Crippen molar-refractivity contribution in [2.45, 2.75) is 0 Å². The molecule has 4 heteroatoms. The quantitative estimate of drug-likeness (QED) is 0.530. The Morgan fingerprint density at radius 1 is 1.78 bits per heavy atom. The van der Waals surface area contributed by atoms with Gasteiger partial charge in [-0.15, -0.1) is 12.4 Å². The molecule has 0 aromatic heterocycles. The molecule has 0 aliphatic rings. The first kappa shape index (κ1) is 11.3. The number of hydrogen-bond acceptors (Lipinski definition) is 2. The number of halogens is 1. The van der Waals surface area contributed by atoms with Gasteiger partial charge in [-0.05, 0) is 0 Å². The Bertz CT molecular complexity index is 103. The molecule has 0 saturated carbocycles. The fourth-order valence-electron chi connectivity index (χ4n) is 0.258. The van der Waals surface area contributed by atoms with Gasteiger partial charge in [0.2, 0.25) is 5.91 Å². The van der Waals surface area contributed by atoms with E-state index in [1.54, 1.807) is 13.1 Å². The summed E-state index contributed by atoms with van der Waals surface area (Å²) in [5.41, 5.74) is 5.06. The Labute approximate surface area is 60.7 Å². The summed E-state index contributed by atoms with van der Waals surface area (Å²) in [4.78, 5) is 10.3. The summed E-state index contributed by atoms with van der Waals surface area (Å²) in [5.74, 6) is -0.115. The lowest BCUT2D eigenvalue weighted by atomic mass is 10.5. The SMILES string of the molecule is CNC(=O)/C=C/CN.Cl. The monoisotopic (exact) mass is 150 g/mol. The lowest BCUT2D eigenvalue weighted by molar-refractivity contribution is -0.116. The fraction of sp³-hybridized carbons (Fsp3) is 0.400. The van der Waals surface area contributed by atoms with Crippen molar-refractivity contribution in [3.8, 4) is 0 Å². The predicted octanol–water partition coefficient (Wildman–Crippen LogP) is -0.331. The third-order valence-electron chi connectivity index (χ3n) is 0.652. The molecule has 0 aromatic rings. The standard InChI is InChI=1S/C5H10N2O.ClH/c1-7-5(8)3-2-4-6;/h2-3H,4,6H2,1H3,(H,7,8);1H/b3-2+;. The first-order chi connectivity index (χ1) is 3.81. The molecule has 3 nitrogen and oxygen atoms in total. The smallest absolute Gasteiger partial charge is 0.243 e. The lowest BCUT2D eigenvalue weighted by Gasteiger charge is -1.86. The highest BCUT2D eigenvalue weighted by atomic mass is 35.5. The molecule has 0 rings (SSSR count). The maximum absolute atomic E-state index is 10.3.